The van der Waals surface area contributed by atoms with E-state index in [4.69, 9.17) is 5.26 Å². The SMILES string of the molecule is CCc1nnc(C)cc1C(=O)N(CCC#N)C1CC1. The van der Waals surface area contributed by atoms with E-state index in [0.717, 1.165) is 24.2 Å². The lowest BCUT2D eigenvalue weighted by molar-refractivity contribution is 0.0745. The summed E-state index contributed by atoms with van der Waals surface area (Å²) in [5, 5.41) is 16.8. The van der Waals surface area contributed by atoms with Gasteiger partial charge in [-0.15, -0.1) is 0 Å². The van der Waals surface area contributed by atoms with Gasteiger partial charge in [0.15, 0.2) is 0 Å². The number of nitrogens with zero attached hydrogens (tertiary/aromatic N) is 4. The van der Waals surface area contributed by atoms with Crippen LogP contribution in [-0.2, 0) is 6.42 Å². The monoisotopic (exact) mass is 258 g/mol. The first-order valence-corrected chi connectivity index (χ1v) is 6.68. The third-order valence-corrected chi connectivity index (χ3v) is 3.27. The van der Waals surface area contributed by atoms with E-state index in [2.05, 4.69) is 16.3 Å². The van der Waals surface area contributed by atoms with Crippen molar-refractivity contribution in [2.45, 2.75) is 45.6 Å². The van der Waals surface area contributed by atoms with Gasteiger partial charge in [-0.25, -0.2) is 0 Å². The lowest BCUT2D eigenvalue weighted by Crippen LogP contribution is -2.34. The maximum atomic E-state index is 12.6. The molecule has 5 nitrogen and oxygen atoms in total. The van der Waals surface area contributed by atoms with Crippen LogP contribution >= 0.6 is 0 Å². The van der Waals surface area contributed by atoms with Gasteiger partial charge in [0.05, 0.1) is 29.4 Å². The molecule has 1 aliphatic rings. The zero-order valence-corrected chi connectivity index (χ0v) is 11.4. The van der Waals surface area contributed by atoms with Gasteiger partial charge in [0.2, 0.25) is 0 Å². The van der Waals surface area contributed by atoms with Crippen molar-refractivity contribution in [1.29, 1.82) is 5.26 Å². The molecule has 0 N–H and O–H groups in total. The molecule has 0 saturated heterocycles. The Balaban J connectivity index is 2.25. The second kappa shape index (κ2) is 5.79. The molecule has 1 amide bonds. The van der Waals surface area contributed by atoms with Gasteiger partial charge >= 0.3 is 0 Å². The molecule has 0 aliphatic heterocycles. The summed E-state index contributed by atoms with van der Waals surface area (Å²) >= 11 is 0. The predicted octanol–water partition coefficient (Wildman–Crippen LogP) is 1.87. The maximum absolute atomic E-state index is 12.6. The van der Waals surface area contributed by atoms with E-state index in [9.17, 15) is 4.79 Å². The predicted molar refractivity (Wildman–Crippen MR) is 70.4 cm³/mol. The maximum Gasteiger partial charge on any atom is 0.256 e. The number of aryl methyl sites for hydroxylation is 2. The molecule has 0 unspecified atom stereocenters. The summed E-state index contributed by atoms with van der Waals surface area (Å²) in [6.07, 6.45) is 3.14. The van der Waals surface area contributed by atoms with Crippen LogP contribution in [-0.4, -0.2) is 33.6 Å². The highest BCUT2D eigenvalue weighted by Crippen LogP contribution is 2.28. The average Bonchev–Trinajstić information content (AvgIpc) is 3.23. The zero-order chi connectivity index (χ0) is 13.8. The van der Waals surface area contributed by atoms with E-state index in [1.54, 1.807) is 6.07 Å². The molecule has 1 aromatic heterocycles. The van der Waals surface area contributed by atoms with Crippen LogP contribution in [0.25, 0.3) is 0 Å². The summed E-state index contributed by atoms with van der Waals surface area (Å²) < 4.78 is 0. The van der Waals surface area contributed by atoms with Gasteiger partial charge in [-0.3, -0.25) is 4.79 Å². The summed E-state index contributed by atoms with van der Waals surface area (Å²) in [7, 11) is 0. The van der Waals surface area contributed by atoms with Gasteiger partial charge in [-0.2, -0.15) is 15.5 Å². The lowest BCUT2D eigenvalue weighted by atomic mass is 10.1. The lowest BCUT2D eigenvalue weighted by Gasteiger charge is -2.22. The second-order valence-corrected chi connectivity index (χ2v) is 4.84. The number of hydrogen-bond acceptors (Lipinski definition) is 4. The minimum Gasteiger partial charge on any atom is -0.335 e. The Kier molecular flexibility index (Phi) is 4.10. The minimum absolute atomic E-state index is 0.00685. The van der Waals surface area contributed by atoms with Crippen LogP contribution < -0.4 is 0 Å². The van der Waals surface area contributed by atoms with Gasteiger partial charge in [0.25, 0.3) is 5.91 Å². The third-order valence-electron chi connectivity index (χ3n) is 3.27. The summed E-state index contributed by atoms with van der Waals surface area (Å²) in [5.74, 6) is -0.00685. The first kappa shape index (κ1) is 13.5. The van der Waals surface area contributed by atoms with Crippen molar-refractivity contribution in [1.82, 2.24) is 15.1 Å². The van der Waals surface area contributed by atoms with Crippen LogP contribution in [0.5, 0.6) is 0 Å². The molecule has 1 aliphatic carbocycles. The molecule has 1 fully saturated rings. The molecule has 100 valence electrons. The van der Waals surface area contributed by atoms with E-state index in [0.29, 0.717) is 31.0 Å². The number of hydrogen-bond donors (Lipinski definition) is 0. The largest absolute Gasteiger partial charge is 0.335 e. The standard InChI is InChI=1S/C14H18N4O/c1-3-13-12(9-10(2)16-17-13)14(19)18(8-4-7-15)11-5-6-11/h9,11H,3-6,8H2,1-2H3. The Hall–Kier alpha value is -1.96. The quantitative estimate of drug-likeness (QED) is 0.808. The molecule has 2 rings (SSSR count). The minimum atomic E-state index is -0.00685. The van der Waals surface area contributed by atoms with Crippen molar-refractivity contribution >= 4 is 5.91 Å². The number of carbonyl (C=O) groups is 1. The van der Waals surface area contributed by atoms with Crippen molar-refractivity contribution in [3.8, 4) is 6.07 Å². The number of nitriles is 1. The Morgan fingerprint density at radius 3 is 2.84 bits per heavy atom. The Bertz CT molecular complexity index is 517. The highest BCUT2D eigenvalue weighted by molar-refractivity contribution is 5.95. The van der Waals surface area contributed by atoms with Crippen LogP contribution in [0.4, 0.5) is 0 Å². The van der Waals surface area contributed by atoms with Crippen LogP contribution in [0.2, 0.25) is 0 Å². The number of amides is 1. The van der Waals surface area contributed by atoms with E-state index >= 15 is 0 Å². The molecular weight excluding hydrogens is 240 g/mol. The molecule has 1 heterocycles. The molecule has 0 radical (unpaired) electrons. The molecule has 1 aromatic rings. The van der Waals surface area contributed by atoms with Crippen molar-refractivity contribution < 1.29 is 4.79 Å². The molecular formula is C14H18N4O. The highest BCUT2D eigenvalue weighted by Gasteiger charge is 2.33. The Morgan fingerprint density at radius 2 is 2.26 bits per heavy atom. The molecule has 0 spiro atoms. The Labute approximate surface area is 113 Å². The first-order valence-electron chi connectivity index (χ1n) is 6.68. The first-order chi connectivity index (χ1) is 9.17. The molecule has 0 bridgehead atoms. The Morgan fingerprint density at radius 1 is 1.53 bits per heavy atom. The fraction of sp³-hybridized carbons (Fsp3) is 0.571. The third kappa shape index (κ3) is 3.08. The van der Waals surface area contributed by atoms with Crippen molar-refractivity contribution in [3.63, 3.8) is 0 Å². The number of rotatable bonds is 5. The van der Waals surface area contributed by atoms with Crippen LogP contribution in [0.1, 0.15) is 47.9 Å². The normalized spacial score (nSPS) is 13.9. The summed E-state index contributed by atoms with van der Waals surface area (Å²) in [6.45, 7) is 4.30. The van der Waals surface area contributed by atoms with Gasteiger partial charge in [-0.05, 0) is 32.3 Å². The molecule has 0 atom stereocenters. The second-order valence-electron chi connectivity index (χ2n) is 4.84. The topological polar surface area (TPSA) is 69.9 Å². The fourth-order valence-corrected chi connectivity index (χ4v) is 2.12. The van der Waals surface area contributed by atoms with Gasteiger partial charge in [-0.1, -0.05) is 6.92 Å². The molecule has 0 aromatic carbocycles. The molecule has 5 heteroatoms. The van der Waals surface area contributed by atoms with E-state index < -0.39 is 0 Å². The molecule has 19 heavy (non-hydrogen) atoms. The highest BCUT2D eigenvalue weighted by atomic mass is 16.2. The smallest absolute Gasteiger partial charge is 0.256 e. The van der Waals surface area contributed by atoms with Crippen molar-refractivity contribution in [3.05, 3.63) is 23.0 Å². The summed E-state index contributed by atoms with van der Waals surface area (Å²) in [4.78, 5) is 14.4. The number of carbonyl (C=O) groups excluding carboxylic acids is 1. The number of aromatic nitrogens is 2. The molecule has 1 saturated carbocycles. The fourth-order valence-electron chi connectivity index (χ4n) is 2.12. The van der Waals surface area contributed by atoms with Crippen molar-refractivity contribution in [2.75, 3.05) is 6.54 Å². The van der Waals surface area contributed by atoms with Crippen molar-refractivity contribution in [2.24, 2.45) is 0 Å². The van der Waals surface area contributed by atoms with Gasteiger partial charge in [0, 0.05) is 12.6 Å². The van der Waals surface area contributed by atoms with E-state index in [-0.39, 0.29) is 5.91 Å². The zero-order valence-electron chi connectivity index (χ0n) is 11.4. The van der Waals surface area contributed by atoms with Gasteiger partial charge < -0.3 is 4.90 Å². The van der Waals surface area contributed by atoms with Crippen LogP contribution in [0.3, 0.4) is 0 Å². The van der Waals surface area contributed by atoms with Crippen LogP contribution in [0.15, 0.2) is 6.07 Å². The van der Waals surface area contributed by atoms with Gasteiger partial charge in [0.1, 0.15) is 0 Å². The van der Waals surface area contributed by atoms with E-state index in [1.807, 2.05) is 18.7 Å². The average molecular weight is 258 g/mol. The summed E-state index contributed by atoms with van der Waals surface area (Å²) in [6, 6.07) is 4.21. The van der Waals surface area contributed by atoms with E-state index in [1.165, 1.54) is 0 Å². The van der Waals surface area contributed by atoms with Crippen LogP contribution in [0, 0.1) is 18.3 Å². The summed E-state index contributed by atoms with van der Waals surface area (Å²) in [5.41, 5.74) is 2.12.